The fourth-order valence-corrected chi connectivity index (χ4v) is 3.00. The number of aryl methyl sites for hydroxylation is 1. The number of benzene rings is 2. The molecule has 0 radical (unpaired) electrons. The van der Waals surface area contributed by atoms with Crippen LogP contribution in [0, 0.1) is 6.92 Å². The Morgan fingerprint density at radius 1 is 1.05 bits per heavy atom. The summed E-state index contributed by atoms with van der Waals surface area (Å²) in [5.74, 6) is 0. The molecule has 0 fully saturated rings. The second-order valence-corrected chi connectivity index (χ2v) is 6.10. The highest BCUT2D eigenvalue weighted by Crippen LogP contribution is 2.19. The van der Waals surface area contributed by atoms with Crippen LogP contribution < -0.4 is 5.32 Å². The van der Waals surface area contributed by atoms with Crippen LogP contribution in [0.4, 0.5) is 0 Å². The van der Waals surface area contributed by atoms with Crippen LogP contribution in [-0.4, -0.2) is 12.6 Å². The second-order valence-electron chi connectivity index (χ2n) is 5.24. The van der Waals surface area contributed by atoms with Crippen molar-refractivity contribution in [2.24, 2.45) is 0 Å². The number of rotatable bonds is 6. The average molecular weight is 332 g/mol. The smallest absolute Gasteiger partial charge is 0.0207 e. The van der Waals surface area contributed by atoms with Crippen LogP contribution in [0.25, 0.3) is 0 Å². The van der Waals surface area contributed by atoms with E-state index in [0.29, 0.717) is 6.04 Å². The van der Waals surface area contributed by atoms with Gasteiger partial charge in [0.1, 0.15) is 0 Å². The van der Waals surface area contributed by atoms with Crippen molar-refractivity contribution in [2.45, 2.75) is 32.7 Å². The molecular weight excluding hydrogens is 310 g/mol. The average Bonchev–Trinajstić information content (AvgIpc) is 2.42. The van der Waals surface area contributed by atoms with E-state index in [4.69, 9.17) is 0 Å². The Hall–Kier alpha value is -1.12. The first-order chi connectivity index (χ1) is 9.69. The Labute approximate surface area is 130 Å². The highest BCUT2D eigenvalue weighted by atomic mass is 79.9. The monoisotopic (exact) mass is 331 g/mol. The minimum absolute atomic E-state index is 0.473. The molecule has 0 aliphatic carbocycles. The third-order valence-corrected chi connectivity index (χ3v) is 4.26. The Kier molecular flexibility index (Phi) is 5.81. The molecule has 2 heteroatoms. The molecular formula is C18H22BrN. The summed E-state index contributed by atoms with van der Waals surface area (Å²) in [7, 11) is 0. The molecule has 0 heterocycles. The molecule has 1 unspecified atom stereocenters. The fraction of sp³-hybridized carbons (Fsp3) is 0.333. The molecule has 1 atom stereocenters. The summed E-state index contributed by atoms with van der Waals surface area (Å²) < 4.78 is 1.20. The van der Waals surface area contributed by atoms with Crippen LogP contribution in [0.1, 0.15) is 23.6 Å². The van der Waals surface area contributed by atoms with E-state index in [2.05, 4.69) is 83.6 Å². The fourth-order valence-electron chi connectivity index (χ4n) is 2.56. The predicted octanol–water partition coefficient (Wildman–Crippen LogP) is 4.52. The lowest BCUT2D eigenvalue weighted by molar-refractivity contribution is 0.520. The number of hydrogen-bond acceptors (Lipinski definition) is 1. The molecule has 0 saturated heterocycles. The second kappa shape index (κ2) is 7.61. The van der Waals surface area contributed by atoms with Crippen molar-refractivity contribution in [3.63, 3.8) is 0 Å². The topological polar surface area (TPSA) is 12.0 Å². The summed E-state index contributed by atoms with van der Waals surface area (Å²) in [6.45, 7) is 5.32. The van der Waals surface area contributed by atoms with Gasteiger partial charge < -0.3 is 5.32 Å². The maximum Gasteiger partial charge on any atom is 0.0207 e. The zero-order chi connectivity index (χ0) is 14.4. The van der Waals surface area contributed by atoms with E-state index in [1.165, 1.54) is 21.2 Å². The molecule has 20 heavy (non-hydrogen) atoms. The first kappa shape index (κ1) is 15.3. The summed E-state index contributed by atoms with van der Waals surface area (Å²) in [5.41, 5.74) is 4.10. The van der Waals surface area contributed by atoms with Gasteiger partial charge in [-0.3, -0.25) is 0 Å². The van der Waals surface area contributed by atoms with E-state index in [0.717, 1.165) is 19.4 Å². The van der Waals surface area contributed by atoms with Gasteiger partial charge in [0.05, 0.1) is 0 Å². The Morgan fingerprint density at radius 3 is 2.55 bits per heavy atom. The molecule has 1 nitrogen and oxygen atoms in total. The van der Waals surface area contributed by atoms with Gasteiger partial charge in [0.15, 0.2) is 0 Å². The van der Waals surface area contributed by atoms with Gasteiger partial charge in [-0.15, -0.1) is 0 Å². The van der Waals surface area contributed by atoms with Gasteiger partial charge >= 0.3 is 0 Å². The first-order valence-corrected chi connectivity index (χ1v) is 8.00. The Balaban J connectivity index is 2.09. The molecule has 1 N–H and O–H groups in total. The molecule has 106 valence electrons. The standard InChI is InChI=1S/C18H22BrN/c1-3-20-17(12-15-8-6-7-14(2)11-15)13-16-9-4-5-10-18(16)19/h4-11,17,20H,3,12-13H2,1-2H3. The molecule has 0 aliphatic rings. The van der Waals surface area contributed by atoms with Crippen LogP contribution in [-0.2, 0) is 12.8 Å². The van der Waals surface area contributed by atoms with E-state index in [1.54, 1.807) is 0 Å². The van der Waals surface area contributed by atoms with E-state index in [-0.39, 0.29) is 0 Å². The van der Waals surface area contributed by atoms with Crippen LogP contribution in [0.15, 0.2) is 53.0 Å². The van der Waals surface area contributed by atoms with E-state index in [1.807, 2.05) is 0 Å². The summed E-state index contributed by atoms with van der Waals surface area (Å²) in [4.78, 5) is 0. The molecule has 0 amide bonds. The van der Waals surface area contributed by atoms with Crippen LogP contribution >= 0.6 is 15.9 Å². The van der Waals surface area contributed by atoms with Crippen molar-refractivity contribution < 1.29 is 0 Å². The minimum atomic E-state index is 0.473. The van der Waals surface area contributed by atoms with Crippen molar-refractivity contribution in [1.82, 2.24) is 5.32 Å². The normalized spacial score (nSPS) is 12.3. The maximum atomic E-state index is 3.65. The highest BCUT2D eigenvalue weighted by molar-refractivity contribution is 9.10. The van der Waals surface area contributed by atoms with Crippen LogP contribution in [0.5, 0.6) is 0 Å². The largest absolute Gasteiger partial charge is 0.314 e. The minimum Gasteiger partial charge on any atom is -0.314 e. The molecule has 0 aliphatic heterocycles. The van der Waals surface area contributed by atoms with Crippen molar-refractivity contribution >= 4 is 15.9 Å². The van der Waals surface area contributed by atoms with Gasteiger partial charge in [0.25, 0.3) is 0 Å². The number of hydrogen-bond donors (Lipinski definition) is 1. The number of nitrogens with one attached hydrogen (secondary N) is 1. The van der Waals surface area contributed by atoms with Crippen molar-refractivity contribution in [1.29, 1.82) is 0 Å². The van der Waals surface area contributed by atoms with Crippen molar-refractivity contribution in [2.75, 3.05) is 6.54 Å². The van der Waals surface area contributed by atoms with Crippen LogP contribution in [0.3, 0.4) is 0 Å². The lowest BCUT2D eigenvalue weighted by atomic mass is 9.98. The van der Waals surface area contributed by atoms with Crippen molar-refractivity contribution in [3.05, 3.63) is 69.7 Å². The zero-order valence-corrected chi connectivity index (χ0v) is 13.8. The lowest BCUT2D eigenvalue weighted by Crippen LogP contribution is -2.33. The molecule has 0 aromatic heterocycles. The Morgan fingerprint density at radius 2 is 1.85 bits per heavy atom. The van der Waals surface area contributed by atoms with Gasteiger partial charge in [-0.25, -0.2) is 0 Å². The molecule has 2 aromatic rings. The van der Waals surface area contributed by atoms with Gasteiger partial charge in [0.2, 0.25) is 0 Å². The first-order valence-electron chi connectivity index (χ1n) is 7.21. The third kappa shape index (κ3) is 4.46. The Bertz CT molecular complexity index is 551. The van der Waals surface area contributed by atoms with E-state index < -0.39 is 0 Å². The number of halogens is 1. The summed E-state index contributed by atoms with van der Waals surface area (Å²) >= 11 is 3.65. The number of likely N-dealkylation sites (N-methyl/N-ethyl adjacent to an activating group) is 1. The lowest BCUT2D eigenvalue weighted by Gasteiger charge is -2.19. The van der Waals surface area contributed by atoms with E-state index in [9.17, 15) is 0 Å². The highest BCUT2D eigenvalue weighted by Gasteiger charge is 2.11. The quantitative estimate of drug-likeness (QED) is 0.820. The molecule has 0 saturated carbocycles. The predicted molar refractivity (Wildman–Crippen MR) is 90.2 cm³/mol. The molecule has 2 aromatic carbocycles. The third-order valence-electron chi connectivity index (χ3n) is 3.48. The van der Waals surface area contributed by atoms with Gasteiger partial charge in [-0.05, 0) is 43.5 Å². The van der Waals surface area contributed by atoms with Gasteiger partial charge in [0, 0.05) is 10.5 Å². The summed E-state index contributed by atoms with van der Waals surface area (Å²) in [6.07, 6.45) is 2.11. The maximum absolute atomic E-state index is 3.65. The summed E-state index contributed by atoms with van der Waals surface area (Å²) in [6, 6.07) is 17.8. The summed E-state index contributed by atoms with van der Waals surface area (Å²) in [5, 5.41) is 3.61. The SMILES string of the molecule is CCNC(Cc1cccc(C)c1)Cc1ccccc1Br. The molecule has 0 spiro atoms. The zero-order valence-electron chi connectivity index (χ0n) is 12.2. The molecule has 0 bridgehead atoms. The van der Waals surface area contributed by atoms with Crippen LogP contribution in [0.2, 0.25) is 0 Å². The van der Waals surface area contributed by atoms with Gasteiger partial charge in [-0.1, -0.05) is 70.9 Å². The van der Waals surface area contributed by atoms with Gasteiger partial charge in [-0.2, -0.15) is 0 Å². The molecule has 2 rings (SSSR count). The van der Waals surface area contributed by atoms with Crippen molar-refractivity contribution in [3.8, 4) is 0 Å². The van der Waals surface area contributed by atoms with E-state index >= 15 is 0 Å².